The van der Waals surface area contributed by atoms with Crippen LogP contribution in [0.25, 0.3) is 0 Å². The maximum atomic E-state index is 11.9. The van der Waals surface area contributed by atoms with Crippen molar-refractivity contribution in [3.05, 3.63) is 29.3 Å². The summed E-state index contributed by atoms with van der Waals surface area (Å²) in [5.41, 5.74) is 1.89. The number of carbonyl (C=O) groups is 1. The van der Waals surface area contributed by atoms with E-state index in [9.17, 15) is 4.79 Å². The van der Waals surface area contributed by atoms with Crippen molar-refractivity contribution in [2.24, 2.45) is 0 Å². The van der Waals surface area contributed by atoms with Crippen LogP contribution >= 0.6 is 0 Å². The van der Waals surface area contributed by atoms with E-state index >= 15 is 0 Å². The molecule has 96 valence electrons. The first kappa shape index (κ1) is 11.5. The molecule has 18 heavy (non-hydrogen) atoms. The summed E-state index contributed by atoms with van der Waals surface area (Å²) in [5.74, 6) is 0.921. The summed E-state index contributed by atoms with van der Waals surface area (Å²) < 4.78 is 5.95. The summed E-state index contributed by atoms with van der Waals surface area (Å²) in [6.07, 6.45) is 2.34. The van der Waals surface area contributed by atoms with Gasteiger partial charge in [-0.25, -0.2) is 0 Å². The first-order valence-corrected chi connectivity index (χ1v) is 6.50. The van der Waals surface area contributed by atoms with Crippen LogP contribution in [0.2, 0.25) is 0 Å². The Hall–Kier alpha value is -1.55. The van der Waals surface area contributed by atoms with Gasteiger partial charge in [-0.2, -0.15) is 0 Å². The molecule has 0 spiro atoms. The molecule has 1 aromatic carbocycles. The fourth-order valence-electron chi connectivity index (χ4n) is 2.60. The topological polar surface area (TPSA) is 41.6 Å². The molecular weight excluding hydrogens is 228 g/mol. The Kier molecular flexibility index (Phi) is 2.96. The predicted molar refractivity (Wildman–Crippen MR) is 68.8 cm³/mol. The number of nitrogens with one attached hydrogen (secondary N) is 1. The summed E-state index contributed by atoms with van der Waals surface area (Å²) in [5, 5.41) is 3.31. The van der Waals surface area contributed by atoms with Crippen LogP contribution in [0.4, 0.5) is 0 Å². The van der Waals surface area contributed by atoms with Crippen LogP contribution in [0.5, 0.6) is 5.75 Å². The minimum Gasteiger partial charge on any atom is -0.490 e. The van der Waals surface area contributed by atoms with Gasteiger partial charge in [0.2, 0.25) is 0 Å². The molecule has 1 saturated heterocycles. The normalized spacial score (nSPS) is 20.1. The van der Waals surface area contributed by atoms with Crippen molar-refractivity contribution < 1.29 is 9.53 Å². The van der Waals surface area contributed by atoms with E-state index in [-0.39, 0.29) is 12.0 Å². The molecule has 0 bridgehead atoms. The summed E-state index contributed by atoms with van der Waals surface area (Å²) in [6.45, 7) is 2.73. The molecular formula is C14H18N2O2. The van der Waals surface area contributed by atoms with E-state index in [0.29, 0.717) is 6.54 Å². The number of benzene rings is 1. The van der Waals surface area contributed by atoms with Gasteiger partial charge in [-0.15, -0.1) is 0 Å². The SMILES string of the molecule is CN1Cc2ccc(OC3CCNCC3)cc2C1=O. The largest absolute Gasteiger partial charge is 0.490 e. The van der Waals surface area contributed by atoms with Crippen LogP contribution in [0.1, 0.15) is 28.8 Å². The predicted octanol–water partition coefficient (Wildman–Crippen LogP) is 1.40. The molecule has 4 heteroatoms. The molecule has 1 fully saturated rings. The van der Waals surface area contributed by atoms with E-state index in [0.717, 1.165) is 42.8 Å². The third kappa shape index (κ3) is 2.08. The summed E-state index contributed by atoms with van der Waals surface area (Å²) >= 11 is 0. The number of nitrogens with zero attached hydrogens (tertiary/aromatic N) is 1. The Bertz CT molecular complexity index is 467. The Balaban J connectivity index is 1.76. The van der Waals surface area contributed by atoms with Gasteiger partial charge in [0.1, 0.15) is 11.9 Å². The number of fused-ring (bicyclic) bond motifs is 1. The molecule has 0 unspecified atom stereocenters. The second kappa shape index (κ2) is 4.61. The number of ether oxygens (including phenoxy) is 1. The van der Waals surface area contributed by atoms with Crippen molar-refractivity contribution >= 4 is 5.91 Å². The van der Waals surface area contributed by atoms with E-state index in [4.69, 9.17) is 4.74 Å². The number of carbonyl (C=O) groups excluding carboxylic acids is 1. The highest BCUT2D eigenvalue weighted by atomic mass is 16.5. The Labute approximate surface area is 107 Å². The maximum absolute atomic E-state index is 11.9. The molecule has 0 aliphatic carbocycles. The average molecular weight is 246 g/mol. The van der Waals surface area contributed by atoms with Crippen molar-refractivity contribution in [1.82, 2.24) is 10.2 Å². The monoisotopic (exact) mass is 246 g/mol. The van der Waals surface area contributed by atoms with Crippen molar-refractivity contribution in [2.75, 3.05) is 20.1 Å². The lowest BCUT2D eigenvalue weighted by atomic mass is 10.1. The second-order valence-electron chi connectivity index (χ2n) is 5.05. The van der Waals surface area contributed by atoms with Gasteiger partial charge in [0, 0.05) is 19.2 Å². The highest BCUT2D eigenvalue weighted by Gasteiger charge is 2.25. The van der Waals surface area contributed by atoms with E-state index < -0.39 is 0 Å². The third-order valence-electron chi connectivity index (χ3n) is 3.65. The highest BCUT2D eigenvalue weighted by molar-refractivity contribution is 5.98. The quantitative estimate of drug-likeness (QED) is 0.857. The van der Waals surface area contributed by atoms with Gasteiger partial charge in [0.05, 0.1) is 0 Å². The van der Waals surface area contributed by atoms with E-state index in [1.54, 1.807) is 4.90 Å². The van der Waals surface area contributed by atoms with Crippen LogP contribution in [-0.2, 0) is 6.54 Å². The first-order valence-electron chi connectivity index (χ1n) is 6.50. The molecule has 0 radical (unpaired) electrons. The van der Waals surface area contributed by atoms with Crippen LogP contribution in [0, 0.1) is 0 Å². The minimum atomic E-state index is 0.0979. The smallest absolute Gasteiger partial charge is 0.254 e. The molecule has 1 amide bonds. The standard InChI is InChI=1S/C14H18N2O2/c1-16-9-10-2-3-12(8-13(10)14(16)17)18-11-4-6-15-7-5-11/h2-3,8,11,15H,4-7,9H2,1H3. The Morgan fingerprint density at radius 3 is 2.89 bits per heavy atom. The highest BCUT2D eigenvalue weighted by Crippen LogP contribution is 2.27. The van der Waals surface area contributed by atoms with E-state index in [1.165, 1.54) is 0 Å². The van der Waals surface area contributed by atoms with Gasteiger partial charge < -0.3 is 15.0 Å². The summed E-state index contributed by atoms with van der Waals surface area (Å²) in [4.78, 5) is 13.6. The first-order chi connectivity index (χ1) is 8.74. The zero-order valence-corrected chi connectivity index (χ0v) is 10.6. The lowest BCUT2D eigenvalue weighted by Gasteiger charge is -2.24. The van der Waals surface area contributed by atoms with E-state index in [2.05, 4.69) is 5.32 Å². The number of piperidine rings is 1. The third-order valence-corrected chi connectivity index (χ3v) is 3.65. The Morgan fingerprint density at radius 2 is 2.11 bits per heavy atom. The molecule has 0 saturated carbocycles. The zero-order chi connectivity index (χ0) is 12.5. The van der Waals surface area contributed by atoms with Crippen molar-refractivity contribution in [2.45, 2.75) is 25.5 Å². The summed E-state index contributed by atoms with van der Waals surface area (Å²) in [7, 11) is 1.83. The minimum absolute atomic E-state index is 0.0979. The average Bonchev–Trinajstić information content (AvgIpc) is 2.67. The number of hydrogen-bond acceptors (Lipinski definition) is 3. The molecule has 1 N–H and O–H groups in total. The molecule has 2 heterocycles. The van der Waals surface area contributed by atoms with Crippen molar-refractivity contribution in [3.63, 3.8) is 0 Å². The van der Waals surface area contributed by atoms with Crippen molar-refractivity contribution in [3.8, 4) is 5.75 Å². The molecule has 3 rings (SSSR count). The molecule has 1 aromatic rings. The molecule has 0 atom stereocenters. The fraction of sp³-hybridized carbons (Fsp3) is 0.500. The summed E-state index contributed by atoms with van der Waals surface area (Å²) in [6, 6.07) is 5.88. The van der Waals surface area contributed by atoms with Crippen LogP contribution in [-0.4, -0.2) is 37.0 Å². The van der Waals surface area contributed by atoms with Crippen LogP contribution in [0.3, 0.4) is 0 Å². The lowest BCUT2D eigenvalue weighted by Crippen LogP contribution is -2.34. The van der Waals surface area contributed by atoms with Gasteiger partial charge in [-0.05, 0) is 43.6 Å². The van der Waals surface area contributed by atoms with E-state index in [1.807, 2.05) is 25.2 Å². The van der Waals surface area contributed by atoms with Crippen LogP contribution < -0.4 is 10.1 Å². The van der Waals surface area contributed by atoms with Gasteiger partial charge in [0.15, 0.2) is 0 Å². The molecule has 2 aliphatic rings. The molecule has 4 nitrogen and oxygen atoms in total. The maximum Gasteiger partial charge on any atom is 0.254 e. The fourth-order valence-corrected chi connectivity index (χ4v) is 2.60. The van der Waals surface area contributed by atoms with Gasteiger partial charge in [0.25, 0.3) is 5.91 Å². The number of hydrogen-bond donors (Lipinski definition) is 1. The van der Waals surface area contributed by atoms with Gasteiger partial charge in [-0.1, -0.05) is 6.07 Å². The lowest BCUT2D eigenvalue weighted by molar-refractivity contribution is 0.0815. The van der Waals surface area contributed by atoms with Gasteiger partial charge in [-0.3, -0.25) is 4.79 Å². The van der Waals surface area contributed by atoms with Crippen LogP contribution in [0.15, 0.2) is 18.2 Å². The van der Waals surface area contributed by atoms with Gasteiger partial charge >= 0.3 is 0 Å². The van der Waals surface area contributed by atoms with Crippen molar-refractivity contribution in [1.29, 1.82) is 0 Å². The molecule has 2 aliphatic heterocycles. The number of rotatable bonds is 2. The Morgan fingerprint density at radius 1 is 1.33 bits per heavy atom. The number of amides is 1. The second-order valence-corrected chi connectivity index (χ2v) is 5.05. The molecule has 0 aromatic heterocycles. The zero-order valence-electron chi connectivity index (χ0n) is 10.6.